The number of benzene rings is 4. The van der Waals surface area contributed by atoms with E-state index in [-0.39, 0.29) is 5.41 Å². The van der Waals surface area contributed by atoms with Crippen LogP contribution < -0.4 is 15.3 Å². The molecule has 0 saturated carbocycles. The number of nitrogens with zero attached hydrogens (tertiary/aromatic N) is 3. The van der Waals surface area contributed by atoms with Gasteiger partial charge in [-0.1, -0.05) is 116 Å². The summed E-state index contributed by atoms with van der Waals surface area (Å²) >= 11 is 0. The minimum Gasteiger partial charge on any atom is -0.342 e. The van der Waals surface area contributed by atoms with Crippen LogP contribution in [0.25, 0.3) is 22.3 Å². The van der Waals surface area contributed by atoms with Gasteiger partial charge in [0.05, 0.1) is 21.6 Å². The second kappa shape index (κ2) is 9.29. The largest absolute Gasteiger partial charge is 0.342 e. The van der Waals surface area contributed by atoms with E-state index in [9.17, 15) is 0 Å². The van der Waals surface area contributed by atoms with Crippen LogP contribution in [0.2, 0.25) is 39.3 Å². The molecule has 0 amide bonds. The van der Waals surface area contributed by atoms with Gasteiger partial charge in [0, 0.05) is 31.9 Å². The average Bonchev–Trinajstić information content (AvgIpc) is 3.46. The predicted octanol–water partition coefficient (Wildman–Crippen LogP) is 7.39. The lowest BCUT2D eigenvalue weighted by atomic mass is 9.70. The predicted molar refractivity (Wildman–Crippen MR) is 189 cm³/mol. The molecule has 0 atom stereocenters. The Labute approximate surface area is 259 Å². The molecular weight excluding hydrogens is 555 g/mol. The van der Waals surface area contributed by atoms with Gasteiger partial charge in [-0.25, -0.2) is 0 Å². The number of guanidine groups is 1. The lowest BCUT2D eigenvalue weighted by Gasteiger charge is -2.41. The average molecular weight is 598 g/mol. The molecule has 0 radical (unpaired) electrons. The third kappa shape index (κ3) is 3.87. The Kier molecular flexibility index (Phi) is 5.87. The van der Waals surface area contributed by atoms with E-state index >= 15 is 0 Å². The number of aliphatic imine (C=N–C) groups is 1. The highest BCUT2D eigenvalue weighted by atomic mass is 28.3. The molecular formula is C38H43N3Si2. The highest BCUT2D eigenvalue weighted by molar-refractivity contribution is 6.89. The first-order valence-electron chi connectivity index (χ1n) is 16.2. The molecule has 218 valence electrons. The second-order valence-electron chi connectivity index (χ2n) is 15.1. The van der Waals surface area contributed by atoms with E-state index in [1.54, 1.807) is 0 Å². The van der Waals surface area contributed by atoms with E-state index in [1.165, 1.54) is 72.9 Å². The fourth-order valence-corrected chi connectivity index (χ4v) is 10.5. The van der Waals surface area contributed by atoms with Crippen LogP contribution in [0.1, 0.15) is 35.1 Å². The summed E-state index contributed by atoms with van der Waals surface area (Å²) in [6.45, 7) is 19.1. The van der Waals surface area contributed by atoms with Gasteiger partial charge in [-0.15, -0.1) is 0 Å². The van der Waals surface area contributed by atoms with Crippen molar-refractivity contribution in [3.8, 4) is 22.3 Å². The Morgan fingerprint density at radius 2 is 1.14 bits per heavy atom. The van der Waals surface area contributed by atoms with E-state index in [2.05, 4.69) is 128 Å². The summed E-state index contributed by atoms with van der Waals surface area (Å²) in [5.74, 6) is 1.18. The Morgan fingerprint density at radius 3 is 1.79 bits per heavy atom. The van der Waals surface area contributed by atoms with E-state index in [1.807, 2.05) is 0 Å². The van der Waals surface area contributed by atoms with Gasteiger partial charge in [0.1, 0.15) is 0 Å². The first kappa shape index (κ1) is 27.2. The van der Waals surface area contributed by atoms with Gasteiger partial charge in [-0.3, -0.25) is 4.99 Å². The van der Waals surface area contributed by atoms with Crippen molar-refractivity contribution < 1.29 is 0 Å². The van der Waals surface area contributed by atoms with E-state index in [0.29, 0.717) is 0 Å². The van der Waals surface area contributed by atoms with Gasteiger partial charge in [0.25, 0.3) is 0 Å². The maximum absolute atomic E-state index is 5.06. The fourth-order valence-electron chi connectivity index (χ4n) is 8.15. The van der Waals surface area contributed by atoms with Gasteiger partial charge in [-0.2, -0.15) is 0 Å². The molecule has 1 saturated heterocycles. The van der Waals surface area contributed by atoms with Gasteiger partial charge in [-0.05, 0) is 69.5 Å². The molecule has 1 fully saturated rings. The van der Waals surface area contributed by atoms with Gasteiger partial charge >= 0.3 is 0 Å². The first-order chi connectivity index (χ1) is 20.6. The molecule has 4 aromatic carbocycles. The van der Waals surface area contributed by atoms with Crippen LogP contribution >= 0.6 is 0 Å². The van der Waals surface area contributed by atoms with Gasteiger partial charge < -0.3 is 9.80 Å². The number of rotatable bonds is 3. The molecule has 0 N–H and O–H groups in total. The molecule has 0 bridgehead atoms. The maximum atomic E-state index is 5.06. The van der Waals surface area contributed by atoms with Crippen molar-refractivity contribution in [3.63, 3.8) is 0 Å². The Balaban J connectivity index is 1.45. The topological polar surface area (TPSA) is 18.8 Å². The molecule has 5 heteroatoms. The molecule has 2 aliphatic carbocycles. The van der Waals surface area contributed by atoms with E-state index < -0.39 is 16.1 Å². The van der Waals surface area contributed by atoms with Crippen LogP contribution in [0.4, 0.5) is 5.69 Å². The van der Waals surface area contributed by atoms with Crippen LogP contribution in [-0.2, 0) is 5.41 Å². The Hall–Kier alpha value is -3.42. The van der Waals surface area contributed by atoms with E-state index in [0.717, 1.165) is 32.6 Å². The second-order valence-corrected chi connectivity index (χ2v) is 25.2. The molecule has 4 aliphatic rings. The smallest absolute Gasteiger partial charge is 0.201 e. The molecule has 2 aliphatic heterocycles. The van der Waals surface area contributed by atoms with Crippen LogP contribution in [0.5, 0.6) is 0 Å². The number of hydrogen-bond donors (Lipinski definition) is 0. The molecule has 2 heterocycles. The summed E-state index contributed by atoms with van der Waals surface area (Å²) in [5.41, 5.74) is 12.4. The van der Waals surface area contributed by atoms with Crippen molar-refractivity contribution in [1.82, 2.24) is 4.90 Å². The van der Waals surface area contributed by atoms with Gasteiger partial charge in [0.2, 0.25) is 5.96 Å². The maximum Gasteiger partial charge on any atom is 0.201 e. The third-order valence-electron chi connectivity index (χ3n) is 10.4. The summed E-state index contributed by atoms with van der Waals surface area (Å²) < 4.78 is 0. The lowest BCUT2D eigenvalue weighted by molar-refractivity contribution is 0.360. The van der Waals surface area contributed by atoms with Crippen molar-refractivity contribution in [2.24, 2.45) is 4.99 Å². The summed E-state index contributed by atoms with van der Waals surface area (Å²) in [6.07, 6.45) is 2.33. The monoisotopic (exact) mass is 597 g/mol. The SMILES string of the molecule is C[Si](C)(C)c1ccc2c(c1)C1(c3ccccc3-c3ccc(N4CCCN5CCCN=C54)cc31)c1cc([Si](C)(C)C)ccc1-2. The fraction of sp³-hybridized carbons (Fsp3) is 0.342. The summed E-state index contributed by atoms with van der Waals surface area (Å²) in [5, 5.41) is 3.07. The number of hydrogen-bond acceptors (Lipinski definition) is 3. The zero-order valence-electron chi connectivity index (χ0n) is 26.6. The van der Waals surface area contributed by atoms with Gasteiger partial charge in [0.15, 0.2) is 0 Å². The third-order valence-corrected chi connectivity index (χ3v) is 14.5. The van der Waals surface area contributed by atoms with Crippen molar-refractivity contribution in [1.29, 1.82) is 0 Å². The van der Waals surface area contributed by atoms with Crippen molar-refractivity contribution in [2.45, 2.75) is 57.5 Å². The van der Waals surface area contributed by atoms with Crippen LogP contribution in [0.3, 0.4) is 0 Å². The summed E-state index contributed by atoms with van der Waals surface area (Å²) in [6, 6.07) is 31.6. The molecule has 43 heavy (non-hydrogen) atoms. The van der Waals surface area contributed by atoms with E-state index in [4.69, 9.17) is 4.99 Å². The van der Waals surface area contributed by atoms with Crippen molar-refractivity contribution in [3.05, 3.63) is 101 Å². The number of anilines is 1. The summed E-state index contributed by atoms with van der Waals surface area (Å²) in [7, 11) is -3.10. The molecule has 1 spiro atoms. The zero-order valence-corrected chi connectivity index (χ0v) is 28.6. The highest BCUT2D eigenvalue weighted by Gasteiger charge is 2.52. The Bertz CT molecular complexity index is 1760. The minimum absolute atomic E-state index is 0.318. The quantitative estimate of drug-likeness (QED) is 0.198. The highest BCUT2D eigenvalue weighted by Crippen LogP contribution is 2.63. The molecule has 0 aromatic heterocycles. The summed E-state index contributed by atoms with van der Waals surface area (Å²) in [4.78, 5) is 10.1. The molecule has 4 aromatic rings. The normalized spacial score (nSPS) is 18.1. The minimum atomic E-state index is -1.55. The standard InChI is InChI=1S/C38H43N3Si2/c1-42(2,3)27-14-17-31-32-18-15-28(43(4,5)6)25-36(32)38(35(31)24-27)33-12-8-7-11-29(33)30-16-13-26(23-34(30)38)41-22-10-21-40-20-9-19-39-37(40)41/h7-8,11-18,23-25H,9-10,19-22H2,1-6H3. The molecule has 0 unspecified atom stereocenters. The van der Waals surface area contributed by atoms with Crippen molar-refractivity contribution in [2.75, 3.05) is 31.1 Å². The van der Waals surface area contributed by atoms with Crippen LogP contribution in [0.15, 0.2) is 83.9 Å². The number of fused-ring (bicyclic) bond motifs is 11. The first-order valence-corrected chi connectivity index (χ1v) is 23.2. The molecule has 3 nitrogen and oxygen atoms in total. The Morgan fingerprint density at radius 1 is 0.581 bits per heavy atom. The van der Waals surface area contributed by atoms with Crippen molar-refractivity contribution >= 4 is 38.2 Å². The van der Waals surface area contributed by atoms with Crippen LogP contribution in [0, 0.1) is 0 Å². The lowest BCUT2D eigenvalue weighted by Crippen LogP contribution is -2.52. The molecule has 8 rings (SSSR count). The van der Waals surface area contributed by atoms with Crippen LogP contribution in [-0.4, -0.2) is 53.2 Å². The zero-order chi connectivity index (χ0) is 29.7.